The SMILES string of the molecule is CCc1cnc2[nH]cc(CC)c2c1. The lowest BCUT2D eigenvalue weighted by Crippen LogP contribution is -1.84. The topological polar surface area (TPSA) is 28.7 Å². The van der Waals surface area contributed by atoms with E-state index in [-0.39, 0.29) is 0 Å². The van der Waals surface area contributed by atoms with Crippen LogP contribution in [0.25, 0.3) is 11.0 Å². The van der Waals surface area contributed by atoms with Gasteiger partial charge in [-0.1, -0.05) is 13.8 Å². The number of H-pyrrole nitrogens is 1. The van der Waals surface area contributed by atoms with Crippen LogP contribution in [0.4, 0.5) is 0 Å². The van der Waals surface area contributed by atoms with Crippen LogP contribution in [0.15, 0.2) is 18.5 Å². The molecule has 0 amide bonds. The minimum absolute atomic E-state index is 1.01. The lowest BCUT2D eigenvalue weighted by Gasteiger charge is -1.97. The second kappa shape index (κ2) is 3.21. The third-order valence-electron chi connectivity index (χ3n) is 2.46. The first-order chi connectivity index (χ1) is 6.35. The number of nitrogens with one attached hydrogen (secondary N) is 1. The van der Waals surface area contributed by atoms with Gasteiger partial charge in [-0.15, -0.1) is 0 Å². The number of hydrogen-bond donors (Lipinski definition) is 1. The number of aromatic nitrogens is 2. The molecule has 2 heterocycles. The van der Waals surface area contributed by atoms with E-state index in [1.54, 1.807) is 0 Å². The van der Waals surface area contributed by atoms with Crippen molar-refractivity contribution < 1.29 is 0 Å². The van der Waals surface area contributed by atoms with Gasteiger partial charge in [0.15, 0.2) is 0 Å². The number of fused-ring (bicyclic) bond motifs is 1. The summed E-state index contributed by atoms with van der Waals surface area (Å²) in [7, 11) is 0. The van der Waals surface area contributed by atoms with E-state index in [4.69, 9.17) is 0 Å². The molecule has 2 nitrogen and oxygen atoms in total. The minimum atomic E-state index is 1.01. The number of hydrogen-bond acceptors (Lipinski definition) is 1. The van der Waals surface area contributed by atoms with Crippen LogP contribution in [-0.4, -0.2) is 9.97 Å². The monoisotopic (exact) mass is 174 g/mol. The van der Waals surface area contributed by atoms with Gasteiger partial charge in [-0.05, 0) is 30.0 Å². The molecule has 2 heteroatoms. The van der Waals surface area contributed by atoms with Crippen LogP contribution in [-0.2, 0) is 12.8 Å². The molecule has 0 aliphatic carbocycles. The molecular weight excluding hydrogens is 160 g/mol. The van der Waals surface area contributed by atoms with Gasteiger partial charge in [0, 0.05) is 17.8 Å². The Labute approximate surface area is 78.0 Å². The Morgan fingerprint density at radius 3 is 2.85 bits per heavy atom. The molecule has 0 aliphatic heterocycles. The van der Waals surface area contributed by atoms with E-state index < -0.39 is 0 Å². The molecule has 2 aromatic rings. The highest BCUT2D eigenvalue weighted by atomic mass is 14.8. The highest BCUT2D eigenvalue weighted by Gasteiger charge is 2.02. The average Bonchev–Trinajstić information content (AvgIpc) is 2.59. The zero-order valence-electron chi connectivity index (χ0n) is 8.09. The summed E-state index contributed by atoms with van der Waals surface area (Å²) >= 11 is 0. The summed E-state index contributed by atoms with van der Waals surface area (Å²) in [5.41, 5.74) is 3.67. The fourth-order valence-corrected chi connectivity index (χ4v) is 1.59. The lowest BCUT2D eigenvalue weighted by molar-refractivity contribution is 1.11. The minimum Gasteiger partial charge on any atom is -0.346 e. The summed E-state index contributed by atoms with van der Waals surface area (Å²) in [6.07, 6.45) is 6.11. The van der Waals surface area contributed by atoms with E-state index >= 15 is 0 Å². The zero-order valence-corrected chi connectivity index (χ0v) is 8.09. The first kappa shape index (κ1) is 8.30. The van der Waals surface area contributed by atoms with Gasteiger partial charge in [-0.3, -0.25) is 0 Å². The third-order valence-corrected chi connectivity index (χ3v) is 2.46. The number of rotatable bonds is 2. The van der Waals surface area contributed by atoms with Crippen molar-refractivity contribution in [3.63, 3.8) is 0 Å². The summed E-state index contributed by atoms with van der Waals surface area (Å²) in [6, 6.07) is 2.23. The van der Waals surface area contributed by atoms with Crippen molar-refractivity contribution in [2.45, 2.75) is 26.7 Å². The maximum absolute atomic E-state index is 4.37. The molecule has 0 aliphatic rings. The highest BCUT2D eigenvalue weighted by Crippen LogP contribution is 2.18. The number of pyridine rings is 1. The van der Waals surface area contributed by atoms with E-state index in [1.807, 2.05) is 6.20 Å². The van der Waals surface area contributed by atoms with Crippen LogP contribution in [0.3, 0.4) is 0 Å². The van der Waals surface area contributed by atoms with Gasteiger partial charge in [0.25, 0.3) is 0 Å². The van der Waals surface area contributed by atoms with E-state index in [0.717, 1.165) is 18.5 Å². The average molecular weight is 174 g/mol. The summed E-state index contributed by atoms with van der Waals surface area (Å²) in [6.45, 7) is 4.32. The molecular formula is C11H14N2. The Balaban J connectivity index is 2.64. The van der Waals surface area contributed by atoms with Crippen LogP contribution in [0, 0.1) is 0 Å². The predicted octanol–water partition coefficient (Wildman–Crippen LogP) is 2.69. The molecule has 2 aromatic heterocycles. The molecule has 0 spiro atoms. The van der Waals surface area contributed by atoms with Crippen molar-refractivity contribution in [3.05, 3.63) is 29.6 Å². The van der Waals surface area contributed by atoms with Gasteiger partial charge >= 0.3 is 0 Å². The molecule has 0 saturated heterocycles. The van der Waals surface area contributed by atoms with Crippen molar-refractivity contribution in [1.82, 2.24) is 9.97 Å². The number of aryl methyl sites for hydroxylation is 2. The third kappa shape index (κ3) is 1.32. The van der Waals surface area contributed by atoms with Crippen molar-refractivity contribution in [3.8, 4) is 0 Å². The number of aromatic amines is 1. The molecule has 0 radical (unpaired) electrons. The Morgan fingerprint density at radius 2 is 2.15 bits per heavy atom. The molecule has 2 rings (SSSR count). The van der Waals surface area contributed by atoms with Crippen molar-refractivity contribution in [1.29, 1.82) is 0 Å². The normalized spacial score (nSPS) is 10.9. The van der Waals surface area contributed by atoms with Gasteiger partial charge in [0.1, 0.15) is 5.65 Å². The Hall–Kier alpha value is -1.31. The summed E-state index contributed by atoms with van der Waals surface area (Å²) < 4.78 is 0. The van der Waals surface area contributed by atoms with E-state index in [2.05, 4.69) is 36.1 Å². The van der Waals surface area contributed by atoms with Crippen LogP contribution in [0.1, 0.15) is 25.0 Å². The Morgan fingerprint density at radius 1 is 1.31 bits per heavy atom. The van der Waals surface area contributed by atoms with Crippen LogP contribution in [0.2, 0.25) is 0 Å². The van der Waals surface area contributed by atoms with E-state index in [9.17, 15) is 0 Å². The van der Waals surface area contributed by atoms with E-state index in [0.29, 0.717) is 0 Å². The molecule has 0 fully saturated rings. The second-order valence-corrected chi connectivity index (χ2v) is 3.26. The maximum Gasteiger partial charge on any atom is 0.137 e. The van der Waals surface area contributed by atoms with Gasteiger partial charge < -0.3 is 4.98 Å². The quantitative estimate of drug-likeness (QED) is 0.745. The highest BCUT2D eigenvalue weighted by molar-refractivity contribution is 5.80. The maximum atomic E-state index is 4.37. The lowest BCUT2D eigenvalue weighted by atomic mass is 10.1. The van der Waals surface area contributed by atoms with Crippen molar-refractivity contribution >= 4 is 11.0 Å². The Kier molecular flexibility index (Phi) is 2.05. The molecule has 1 N–H and O–H groups in total. The molecule has 13 heavy (non-hydrogen) atoms. The van der Waals surface area contributed by atoms with Gasteiger partial charge in [0.05, 0.1) is 0 Å². The smallest absolute Gasteiger partial charge is 0.137 e. The summed E-state index contributed by atoms with van der Waals surface area (Å²) in [5.74, 6) is 0. The largest absolute Gasteiger partial charge is 0.346 e. The first-order valence-corrected chi connectivity index (χ1v) is 4.80. The molecule has 0 bridgehead atoms. The fourth-order valence-electron chi connectivity index (χ4n) is 1.59. The Bertz CT molecular complexity index is 415. The van der Waals surface area contributed by atoms with E-state index in [1.165, 1.54) is 16.5 Å². The van der Waals surface area contributed by atoms with Crippen molar-refractivity contribution in [2.24, 2.45) is 0 Å². The van der Waals surface area contributed by atoms with Crippen LogP contribution >= 0.6 is 0 Å². The van der Waals surface area contributed by atoms with Gasteiger partial charge in [-0.2, -0.15) is 0 Å². The van der Waals surface area contributed by atoms with Gasteiger partial charge in [0.2, 0.25) is 0 Å². The van der Waals surface area contributed by atoms with Gasteiger partial charge in [-0.25, -0.2) is 4.98 Å². The summed E-state index contributed by atoms with van der Waals surface area (Å²) in [4.78, 5) is 7.54. The number of nitrogens with zero attached hydrogens (tertiary/aromatic N) is 1. The predicted molar refractivity (Wildman–Crippen MR) is 54.8 cm³/mol. The second-order valence-electron chi connectivity index (χ2n) is 3.26. The van der Waals surface area contributed by atoms with Crippen LogP contribution < -0.4 is 0 Å². The van der Waals surface area contributed by atoms with Crippen LogP contribution in [0.5, 0.6) is 0 Å². The molecule has 0 aromatic carbocycles. The standard InChI is InChI=1S/C11H14N2/c1-3-8-5-10-9(4-2)7-13-11(10)12-6-8/h5-7H,3-4H2,1-2H3,(H,12,13). The fraction of sp³-hybridized carbons (Fsp3) is 0.364. The molecule has 0 unspecified atom stereocenters. The molecule has 0 atom stereocenters. The molecule has 68 valence electrons. The summed E-state index contributed by atoms with van der Waals surface area (Å²) in [5, 5.41) is 1.28. The molecule has 0 saturated carbocycles. The van der Waals surface area contributed by atoms with Crippen molar-refractivity contribution in [2.75, 3.05) is 0 Å². The first-order valence-electron chi connectivity index (χ1n) is 4.80. The zero-order chi connectivity index (χ0) is 9.26.